The summed E-state index contributed by atoms with van der Waals surface area (Å²) in [6, 6.07) is 7.21. The molecule has 6 nitrogen and oxygen atoms in total. The number of carbonyl (C=O) groups is 1. The summed E-state index contributed by atoms with van der Waals surface area (Å²) in [5.41, 5.74) is 1.41. The quantitative estimate of drug-likeness (QED) is 0.894. The molecule has 1 aliphatic heterocycles. The number of amides is 2. The molecule has 1 aromatic carbocycles. The van der Waals surface area contributed by atoms with Crippen molar-refractivity contribution in [1.29, 1.82) is 0 Å². The van der Waals surface area contributed by atoms with E-state index in [2.05, 4.69) is 25.5 Å². The molecule has 25 heavy (non-hydrogen) atoms. The normalized spacial score (nSPS) is 14.2. The standard InChI is InChI=1S/C18H22FN5O/c1-13-11-17(24-9-3-2-4-10-24)23-16(21-13)12-20-18(25)22-15-7-5-14(19)6-8-15/h5-8,11H,2-4,9-10,12H2,1H3,(H2,20,22,25). The van der Waals surface area contributed by atoms with Gasteiger partial charge in [-0.15, -0.1) is 0 Å². The highest BCUT2D eigenvalue weighted by Crippen LogP contribution is 2.18. The van der Waals surface area contributed by atoms with E-state index < -0.39 is 0 Å². The van der Waals surface area contributed by atoms with E-state index in [1.807, 2.05) is 13.0 Å². The lowest BCUT2D eigenvalue weighted by atomic mass is 10.1. The number of hydrogen-bond donors (Lipinski definition) is 2. The fourth-order valence-corrected chi connectivity index (χ4v) is 2.84. The third kappa shape index (κ3) is 4.89. The largest absolute Gasteiger partial charge is 0.357 e. The zero-order valence-corrected chi connectivity index (χ0v) is 14.3. The van der Waals surface area contributed by atoms with Gasteiger partial charge in [-0.2, -0.15) is 0 Å². The minimum absolute atomic E-state index is 0.232. The van der Waals surface area contributed by atoms with Crippen LogP contribution in [0.4, 0.5) is 20.7 Å². The number of rotatable bonds is 4. The minimum Gasteiger partial charge on any atom is -0.357 e. The highest BCUT2D eigenvalue weighted by atomic mass is 19.1. The second-order valence-corrected chi connectivity index (χ2v) is 6.15. The molecule has 7 heteroatoms. The Hall–Kier alpha value is -2.70. The monoisotopic (exact) mass is 343 g/mol. The molecule has 0 aliphatic carbocycles. The van der Waals surface area contributed by atoms with Crippen LogP contribution in [0.15, 0.2) is 30.3 Å². The number of halogens is 1. The van der Waals surface area contributed by atoms with Crippen LogP contribution >= 0.6 is 0 Å². The lowest BCUT2D eigenvalue weighted by Gasteiger charge is -2.28. The molecule has 3 rings (SSSR count). The molecule has 0 unspecified atom stereocenters. The van der Waals surface area contributed by atoms with Crippen LogP contribution in [0.5, 0.6) is 0 Å². The Labute approximate surface area is 146 Å². The van der Waals surface area contributed by atoms with E-state index in [4.69, 9.17) is 0 Å². The number of aryl methyl sites for hydroxylation is 1. The van der Waals surface area contributed by atoms with E-state index in [0.29, 0.717) is 11.5 Å². The fraction of sp³-hybridized carbons (Fsp3) is 0.389. The van der Waals surface area contributed by atoms with Crippen LogP contribution in [-0.2, 0) is 6.54 Å². The predicted molar refractivity (Wildman–Crippen MR) is 95.1 cm³/mol. The summed E-state index contributed by atoms with van der Waals surface area (Å²) < 4.78 is 12.9. The van der Waals surface area contributed by atoms with Crippen LogP contribution in [0.25, 0.3) is 0 Å². The average Bonchev–Trinajstić information content (AvgIpc) is 2.62. The molecule has 1 fully saturated rings. The molecule has 0 atom stereocenters. The van der Waals surface area contributed by atoms with Crippen molar-refractivity contribution >= 4 is 17.5 Å². The number of nitrogens with one attached hydrogen (secondary N) is 2. The zero-order chi connectivity index (χ0) is 17.6. The van der Waals surface area contributed by atoms with Gasteiger partial charge in [0, 0.05) is 30.5 Å². The Balaban J connectivity index is 1.59. The van der Waals surface area contributed by atoms with Crippen LogP contribution in [0, 0.1) is 12.7 Å². The van der Waals surface area contributed by atoms with Gasteiger partial charge in [0.05, 0.1) is 6.54 Å². The maximum absolute atomic E-state index is 12.9. The van der Waals surface area contributed by atoms with Gasteiger partial charge in [-0.25, -0.2) is 19.2 Å². The maximum atomic E-state index is 12.9. The molecule has 2 aromatic rings. The van der Waals surface area contributed by atoms with Crippen molar-refractivity contribution in [3.05, 3.63) is 47.7 Å². The van der Waals surface area contributed by atoms with E-state index in [0.717, 1.165) is 24.6 Å². The van der Waals surface area contributed by atoms with E-state index >= 15 is 0 Å². The van der Waals surface area contributed by atoms with E-state index in [1.54, 1.807) is 0 Å². The molecule has 0 radical (unpaired) electrons. The molecule has 0 spiro atoms. The molecule has 1 aromatic heterocycles. The maximum Gasteiger partial charge on any atom is 0.319 e. The molecular weight excluding hydrogens is 321 g/mol. The summed E-state index contributed by atoms with van der Waals surface area (Å²) in [5, 5.41) is 5.38. The summed E-state index contributed by atoms with van der Waals surface area (Å²) in [6.07, 6.45) is 3.62. The van der Waals surface area contributed by atoms with E-state index in [-0.39, 0.29) is 18.4 Å². The van der Waals surface area contributed by atoms with Crippen LogP contribution in [0.2, 0.25) is 0 Å². The van der Waals surface area contributed by atoms with Gasteiger partial charge in [0.15, 0.2) is 0 Å². The lowest BCUT2D eigenvalue weighted by Crippen LogP contribution is -2.32. The van der Waals surface area contributed by atoms with Gasteiger partial charge >= 0.3 is 6.03 Å². The van der Waals surface area contributed by atoms with Crippen molar-refractivity contribution in [2.75, 3.05) is 23.3 Å². The van der Waals surface area contributed by atoms with Gasteiger partial charge < -0.3 is 15.5 Å². The number of aromatic nitrogens is 2. The van der Waals surface area contributed by atoms with Gasteiger partial charge in [0.25, 0.3) is 0 Å². The van der Waals surface area contributed by atoms with Crippen molar-refractivity contribution in [2.45, 2.75) is 32.7 Å². The zero-order valence-electron chi connectivity index (χ0n) is 14.3. The number of anilines is 2. The Morgan fingerprint density at radius 2 is 1.88 bits per heavy atom. The van der Waals surface area contributed by atoms with Crippen molar-refractivity contribution in [1.82, 2.24) is 15.3 Å². The second kappa shape index (κ2) is 7.92. The Kier molecular flexibility index (Phi) is 5.42. The Morgan fingerprint density at radius 3 is 2.60 bits per heavy atom. The molecule has 1 aliphatic rings. The first-order valence-electron chi connectivity index (χ1n) is 8.50. The predicted octanol–water partition coefficient (Wildman–Crippen LogP) is 3.24. The van der Waals surface area contributed by atoms with Gasteiger partial charge in [-0.3, -0.25) is 0 Å². The molecule has 2 amide bonds. The first kappa shape index (κ1) is 17.1. The van der Waals surface area contributed by atoms with Gasteiger partial charge in [0.1, 0.15) is 17.5 Å². The average molecular weight is 343 g/mol. The van der Waals surface area contributed by atoms with Crippen molar-refractivity contribution in [3.63, 3.8) is 0 Å². The first-order chi connectivity index (χ1) is 12.1. The molecule has 2 N–H and O–H groups in total. The summed E-state index contributed by atoms with van der Waals surface area (Å²) in [6.45, 7) is 4.18. The Bertz CT molecular complexity index is 729. The molecule has 1 saturated heterocycles. The molecule has 132 valence electrons. The van der Waals surface area contributed by atoms with Crippen molar-refractivity contribution in [2.24, 2.45) is 0 Å². The number of carbonyl (C=O) groups excluding carboxylic acids is 1. The third-order valence-corrected chi connectivity index (χ3v) is 4.08. The summed E-state index contributed by atoms with van der Waals surface area (Å²) in [4.78, 5) is 23.2. The highest BCUT2D eigenvalue weighted by Gasteiger charge is 2.14. The van der Waals surface area contributed by atoms with Crippen LogP contribution in [0.3, 0.4) is 0 Å². The van der Waals surface area contributed by atoms with Gasteiger partial charge in [0.2, 0.25) is 0 Å². The SMILES string of the molecule is Cc1cc(N2CCCCC2)nc(CNC(=O)Nc2ccc(F)cc2)n1. The third-order valence-electron chi connectivity index (χ3n) is 4.08. The molecule has 2 heterocycles. The number of hydrogen-bond acceptors (Lipinski definition) is 4. The molecule has 0 saturated carbocycles. The second-order valence-electron chi connectivity index (χ2n) is 6.15. The number of piperidine rings is 1. The van der Waals surface area contributed by atoms with Crippen molar-refractivity contribution < 1.29 is 9.18 Å². The number of benzene rings is 1. The van der Waals surface area contributed by atoms with Crippen molar-refractivity contribution in [3.8, 4) is 0 Å². The topological polar surface area (TPSA) is 70.2 Å². The van der Waals surface area contributed by atoms with Crippen LogP contribution in [-0.4, -0.2) is 29.1 Å². The van der Waals surface area contributed by atoms with Gasteiger partial charge in [-0.1, -0.05) is 0 Å². The highest BCUT2D eigenvalue weighted by molar-refractivity contribution is 5.89. The van der Waals surface area contributed by atoms with E-state index in [9.17, 15) is 9.18 Å². The Morgan fingerprint density at radius 1 is 1.16 bits per heavy atom. The first-order valence-corrected chi connectivity index (χ1v) is 8.50. The van der Waals surface area contributed by atoms with E-state index in [1.165, 1.54) is 43.5 Å². The molecule has 0 bridgehead atoms. The van der Waals surface area contributed by atoms with Crippen LogP contribution in [0.1, 0.15) is 30.8 Å². The number of nitrogens with zero attached hydrogens (tertiary/aromatic N) is 3. The minimum atomic E-state index is -0.378. The molecular formula is C18H22FN5O. The summed E-state index contributed by atoms with van der Waals surface area (Å²) >= 11 is 0. The van der Waals surface area contributed by atoms with Gasteiger partial charge in [-0.05, 0) is 50.5 Å². The lowest BCUT2D eigenvalue weighted by molar-refractivity contribution is 0.251. The fourth-order valence-electron chi connectivity index (χ4n) is 2.84. The van der Waals surface area contributed by atoms with Crippen LogP contribution < -0.4 is 15.5 Å². The summed E-state index contributed by atoms with van der Waals surface area (Å²) in [5.74, 6) is 1.15. The summed E-state index contributed by atoms with van der Waals surface area (Å²) in [7, 11) is 0. The number of urea groups is 1. The smallest absolute Gasteiger partial charge is 0.319 e.